The number of nitrogens with one attached hydrogen (secondary N) is 1. The van der Waals surface area contributed by atoms with Gasteiger partial charge < -0.3 is 16.0 Å². The van der Waals surface area contributed by atoms with Gasteiger partial charge in [0, 0.05) is 24.2 Å². The Bertz CT molecular complexity index is 777. The number of benzene rings is 1. The fourth-order valence-corrected chi connectivity index (χ4v) is 2.99. The SMILES string of the molecule is C=CN.Cc1ccc2c(CC(=O)N3CC(F)CC3C=N)ccnc2c1. The predicted octanol–water partition coefficient (Wildman–Crippen LogP) is 2.76. The van der Waals surface area contributed by atoms with E-state index in [-0.39, 0.29) is 25.3 Å². The van der Waals surface area contributed by atoms with Gasteiger partial charge in [-0.3, -0.25) is 9.78 Å². The normalized spacial score (nSPS) is 19.2. The summed E-state index contributed by atoms with van der Waals surface area (Å²) >= 11 is 0. The van der Waals surface area contributed by atoms with E-state index in [0.29, 0.717) is 0 Å². The average Bonchev–Trinajstić information content (AvgIpc) is 2.96. The van der Waals surface area contributed by atoms with Crippen molar-refractivity contribution in [1.82, 2.24) is 9.88 Å². The lowest BCUT2D eigenvalue weighted by Gasteiger charge is -2.21. The topological polar surface area (TPSA) is 83.1 Å². The van der Waals surface area contributed by atoms with Crippen LogP contribution in [-0.2, 0) is 11.2 Å². The molecule has 2 unspecified atom stereocenters. The number of nitrogens with two attached hydrogens (primary N) is 1. The number of aromatic nitrogens is 1. The zero-order chi connectivity index (χ0) is 18.4. The molecule has 25 heavy (non-hydrogen) atoms. The maximum absolute atomic E-state index is 13.5. The van der Waals surface area contributed by atoms with Crippen LogP contribution in [0.1, 0.15) is 17.5 Å². The van der Waals surface area contributed by atoms with Crippen LogP contribution in [-0.4, -0.2) is 40.8 Å². The van der Waals surface area contributed by atoms with Gasteiger partial charge in [0.2, 0.25) is 5.91 Å². The number of alkyl halides is 1. The van der Waals surface area contributed by atoms with E-state index in [1.54, 1.807) is 6.20 Å². The first-order valence-electron chi connectivity index (χ1n) is 8.11. The summed E-state index contributed by atoms with van der Waals surface area (Å²) in [4.78, 5) is 18.3. The van der Waals surface area contributed by atoms with E-state index in [4.69, 9.17) is 5.41 Å². The monoisotopic (exact) mass is 342 g/mol. The molecule has 1 fully saturated rings. The number of likely N-dealkylation sites (tertiary alicyclic amines) is 1. The fourth-order valence-electron chi connectivity index (χ4n) is 2.99. The smallest absolute Gasteiger partial charge is 0.227 e. The van der Waals surface area contributed by atoms with E-state index in [9.17, 15) is 9.18 Å². The van der Waals surface area contributed by atoms with Crippen molar-refractivity contribution in [3.05, 3.63) is 54.4 Å². The Morgan fingerprint density at radius 1 is 1.52 bits per heavy atom. The van der Waals surface area contributed by atoms with E-state index in [0.717, 1.165) is 28.2 Å². The van der Waals surface area contributed by atoms with E-state index in [2.05, 4.69) is 17.3 Å². The Hall–Kier alpha value is -2.76. The van der Waals surface area contributed by atoms with Crippen molar-refractivity contribution in [2.75, 3.05) is 6.54 Å². The lowest BCUT2D eigenvalue weighted by molar-refractivity contribution is -0.130. The quantitative estimate of drug-likeness (QED) is 0.841. The molecule has 1 amide bonds. The Morgan fingerprint density at radius 3 is 2.92 bits per heavy atom. The first kappa shape index (κ1) is 18.6. The Labute approximate surface area is 146 Å². The van der Waals surface area contributed by atoms with Gasteiger partial charge in [0.05, 0.1) is 24.5 Å². The second-order valence-electron chi connectivity index (χ2n) is 6.02. The van der Waals surface area contributed by atoms with Gasteiger partial charge >= 0.3 is 0 Å². The highest BCUT2D eigenvalue weighted by molar-refractivity contribution is 5.89. The van der Waals surface area contributed by atoms with Gasteiger partial charge in [0.25, 0.3) is 0 Å². The number of carbonyl (C=O) groups excluding carboxylic acids is 1. The first-order chi connectivity index (χ1) is 12.0. The van der Waals surface area contributed by atoms with Crippen molar-refractivity contribution >= 4 is 23.0 Å². The number of rotatable bonds is 3. The number of hydrogen-bond donors (Lipinski definition) is 2. The number of fused-ring (bicyclic) bond motifs is 1. The summed E-state index contributed by atoms with van der Waals surface area (Å²) in [5.74, 6) is -0.137. The van der Waals surface area contributed by atoms with Crippen LogP contribution in [0.25, 0.3) is 10.9 Å². The van der Waals surface area contributed by atoms with Crippen LogP contribution in [0, 0.1) is 12.3 Å². The molecular formula is C19H23FN4O. The molecule has 3 rings (SSSR count). The van der Waals surface area contributed by atoms with E-state index in [1.165, 1.54) is 11.1 Å². The summed E-state index contributed by atoms with van der Waals surface area (Å²) in [7, 11) is 0. The first-order valence-corrected chi connectivity index (χ1v) is 8.11. The Kier molecular flexibility index (Phi) is 6.22. The highest BCUT2D eigenvalue weighted by Gasteiger charge is 2.33. The molecule has 1 aliphatic heterocycles. The van der Waals surface area contributed by atoms with Gasteiger partial charge in [-0.25, -0.2) is 4.39 Å². The molecule has 6 heteroatoms. The third kappa shape index (κ3) is 4.41. The molecule has 1 saturated heterocycles. The van der Waals surface area contributed by atoms with Crippen molar-refractivity contribution in [2.24, 2.45) is 5.73 Å². The van der Waals surface area contributed by atoms with Gasteiger partial charge in [-0.1, -0.05) is 18.7 Å². The van der Waals surface area contributed by atoms with Crippen LogP contribution < -0.4 is 5.73 Å². The highest BCUT2D eigenvalue weighted by atomic mass is 19.1. The summed E-state index contributed by atoms with van der Waals surface area (Å²) in [6.07, 6.45) is 3.50. The minimum Gasteiger partial charge on any atom is -0.405 e. The van der Waals surface area contributed by atoms with Gasteiger partial charge in [0.15, 0.2) is 0 Å². The van der Waals surface area contributed by atoms with Crippen molar-refractivity contribution < 1.29 is 9.18 Å². The molecule has 5 nitrogen and oxygen atoms in total. The number of carbonyl (C=O) groups is 1. The number of amides is 1. The Balaban J connectivity index is 0.000000701. The molecular weight excluding hydrogens is 319 g/mol. The minimum atomic E-state index is -1.03. The molecule has 2 heterocycles. The number of pyridine rings is 1. The number of hydrogen-bond acceptors (Lipinski definition) is 4. The summed E-state index contributed by atoms with van der Waals surface area (Å²) < 4.78 is 13.5. The molecule has 0 saturated carbocycles. The van der Waals surface area contributed by atoms with E-state index in [1.807, 2.05) is 31.2 Å². The van der Waals surface area contributed by atoms with Crippen molar-refractivity contribution in [3.8, 4) is 0 Å². The molecule has 1 aliphatic rings. The standard InChI is InChI=1S/C17H18FN3O.C2H5N/c1-11-2-3-15-12(4-5-20-16(15)6-11)7-17(22)21-10-13(18)8-14(21)9-19;1-2-3/h2-6,9,13-14,19H,7-8,10H2,1H3;2H,1,3H2. The molecule has 0 bridgehead atoms. The van der Waals surface area contributed by atoms with Crippen LogP contribution >= 0.6 is 0 Å². The molecule has 1 aromatic carbocycles. The third-order valence-corrected chi connectivity index (χ3v) is 4.14. The van der Waals surface area contributed by atoms with Crippen LogP contribution in [0.3, 0.4) is 0 Å². The summed E-state index contributed by atoms with van der Waals surface area (Å²) in [6, 6.07) is 7.36. The molecule has 132 valence electrons. The molecule has 0 aliphatic carbocycles. The molecule has 1 aromatic heterocycles. The van der Waals surface area contributed by atoms with E-state index >= 15 is 0 Å². The van der Waals surface area contributed by atoms with Crippen molar-refractivity contribution in [1.29, 1.82) is 5.41 Å². The van der Waals surface area contributed by atoms with Crippen LogP contribution in [0.5, 0.6) is 0 Å². The lowest BCUT2D eigenvalue weighted by Crippen LogP contribution is -2.37. The molecule has 0 spiro atoms. The number of nitrogens with zero attached hydrogens (tertiary/aromatic N) is 2. The average molecular weight is 342 g/mol. The second-order valence-corrected chi connectivity index (χ2v) is 6.02. The van der Waals surface area contributed by atoms with Crippen LogP contribution in [0.2, 0.25) is 0 Å². The molecule has 2 atom stereocenters. The van der Waals surface area contributed by atoms with Crippen molar-refractivity contribution in [3.63, 3.8) is 0 Å². The van der Waals surface area contributed by atoms with Crippen LogP contribution in [0.4, 0.5) is 4.39 Å². The highest BCUT2D eigenvalue weighted by Crippen LogP contribution is 2.23. The molecule has 0 radical (unpaired) electrons. The third-order valence-electron chi connectivity index (χ3n) is 4.14. The Morgan fingerprint density at radius 2 is 2.24 bits per heavy atom. The largest absolute Gasteiger partial charge is 0.405 e. The maximum atomic E-state index is 13.5. The van der Waals surface area contributed by atoms with Gasteiger partial charge in [-0.05, 0) is 36.4 Å². The van der Waals surface area contributed by atoms with Gasteiger partial charge in [-0.2, -0.15) is 0 Å². The molecule has 3 N–H and O–H groups in total. The lowest BCUT2D eigenvalue weighted by atomic mass is 10.0. The number of aryl methyl sites for hydroxylation is 1. The zero-order valence-electron chi connectivity index (χ0n) is 14.3. The summed E-state index contributed by atoms with van der Waals surface area (Å²) in [5.41, 5.74) is 7.48. The zero-order valence-corrected chi connectivity index (χ0v) is 14.3. The summed E-state index contributed by atoms with van der Waals surface area (Å²) in [5, 5.41) is 8.30. The van der Waals surface area contributed by atoms with Gasteiger partial charge in [0.1, 0.15) is 6.17 Å². The van der Waals surface area contributed by atoms with E-state index < -0.39 is 12.2 Å². The number of halogens is 1. The maximum Gasteiger partial charge on any atom is 0.227 e. The molecule has 2 aromatic rings. The predicted molar refractivity (Wildman–Crippen MR) is 98.4 cm³/mol. The second kappa shape index (κ2) is 8.37. The minimum absolute atomic E-state index is 0.0843. The fraction of sp³-hybridized carbons (Fsp3) is 0.316. The van der Waals surface area contributed by atoms with Gasteiger partial charge in [-0.15, -0.1) is 0 Å². The van der Waals surface area contributed by atoms with Crippen molar-refractivity contribution in [2.45, 2.75) is 32.0 Å². The summed E-state index contributed by atoms with van der Waals surface area (Å²) in [6.45, 7) is 5.22. The van der Waals surface area contributed by atoms with Crippen LogP contribution in [0.15, 0.2) is 43.2 Å².